The highest BCUT2D eigenvalue weighted by atomic mass is 28.4. The molecule has 0 bridgehead atoms. The van der Waals surface area contributed by atoms with Crippen molar-refractivity contribution in [1.29, 1.82) is 0 Å². The largest absolute Gasteiger partial charge is 0.403 e. The van der Waals surface area contributed by atoms with Crippen molar-refractivity contribution in [3.8, 4) is 11.1 Å². The molecule has 2 aromatic rings. The Balaban J connectivity index is 2.21. The fourth-order valence-electron chi connectivity index (χ4n) is 2.16. The summed E-state index contributed by atoms with van der Waals surface area (Å²) in [4.78, 5) is 11.6. The van der Waals surface area contributed by atoms with Crippen LogP contribution in [0, 0.1) is 0 Å². The van der Waals surface area contributed by atoms with Crippen LogP contribution in [0.1, 0.15) is 32.4 Å². The van der Waals surface area contributed by atoms with Crippen molar-refractivity contribution >= 4 is 14.6 Å². The molecular weight excluding hydrogens is 300 g/mol. The monoisotopic (exact) mass is 326 g/mol. The van der Waals surface area contributed by atoms with Gasteiger partial charge in [-0.25, -0.2) is 0 Å². The third kappa shape index (κ3) is 4.18. The molecule has 0 amide bonds. The highest BCUT2D eigenvalue weighted by Gasteiger charge is 2.39. The topological polar surface area (TPSA) is 26.3 Å². The first kappa shape index (κ1) is 17.6. The molecule has 2 nitrogen and oxygen atoms in total. The molecule has 0 fully saturated rings. The third-order valence-corrected chi connectivity index (χ3v) is 9.15. The second-order valence-corrected chi connectivity index (χ2v) is 12.2. The minimum atomic E-state index is -1.98. The van der Waals surface area contributed by atoms with Gasteiger partial charge in [-0.05, 0) is 34.8 Å². The van der Waals surface area contributed by atoms with Crippen molar-refractivity contribution in [2.45, 2.75) is 45.0 Å². The van der Waals surface area contributed by atoms with Gasteiger partial charge >= 0.3 is 0 Å². The van der Waals surface area contributed by atoms with E-state index >= 15 is 0 Å². The smallest absolute Gasteiger partial charge is 0.193 e. The molecule has 122 valence electrons. The fourth-order valence-corrected chi connectivity index (χ4v) is 3.34. The average molecular weight is 327 g/mol. The Morgan fingerprint density at radius 2 is 1.43 bits per heavy atom. The molecule has 0 unspecified atom stereocenters. The molecule has 0 saturated heterocycles. The molecule has 0 heterocycles. The van der Waals surface area contributed by atoms with Crippen LogP contribution < -0.4 is 0 Å². The minimum Gasteiger partial charge on any atom is -0.403 e. The third-order valence-electron chi connectivity index (χ3n) is 4.70. The van der Waals surface area contributed by atoms with Crippen LogP contribution in [-0.4, -0.2) is 14.6 Å². The molecule has 3 heteroatoms. The Bertz CT molecular complexity index is 640. The maximum atomic E-state index is 11.6. The molecule has 0 aliphatic carbocycles. The molecule has 23 heavy (non-hydrogen) atoms. The highest BCUT2D eigenvalue weighted by Crippen LogP contribution is 2.39. The van der Waals surface area contributed by atoms with Crippen LogP contribution >= 0.6 is 0 Å². The van der Waals surface area contributed by atoms with Gasteiger partial charge in [-0.1, -0.05) is 75.4 Å². The van der Waals surface area contributed by atoms with Gasteiger partial charge in [0.15, 0.2) is 14.6 Å². The lowest BCUT2D eigenvalue weighted by Crippen LogP contribution is -2.42. The molecule has 0 N–H and O–H groups in total. The van der Waals surface area contributed by atoms with Crippen LogP contribution in [0.3, 0.4) is 0 Å². The quantitative estimate of drug-likeness (QED) is 0.527. The van der Waals surface area contributed by atoms with Crippen molar-refractivity contribution in [3.63, 3.8) is 0 Å². The van der Waals surface area contributed by atoms with Crippen LogP contribution in [0.5, 0.6) is 0 Å². The van der Waals surface area contributed by atoms with Crippen LogP contribution in [0.15, 0.2) is 54.6 Å². The van der Waals surface area contributed by atoms with Gasteiger partial charge in [0.25, 0.3) is 0 Å². The Labute approximate surface area is 140 Å². The summed E-state index contributed by atoms with van der Waals surface area (Å²) in [5.74, 6) is 0. The number of rotatable bonds is 5. The molecule has 0 radical (unpaired) electrons. The zero-order chi connectivity index (χ0) is 17.1. The Morgan fingerprint density at radius 1 is 0.913 bits per heavy atom. The van der Waals surface area contributed by atoms with E-state index in [2.05, 4.69) is 58.1 Å². The Kier molecular flexibility index (Phi) is 5.22. The maximum Gasteiger partial charge on any atom is 0.193 e. The summed E-state index contributed by atoms with van der Waals surface area (Å²) < 4.78 is 6.25. The summed E-state index contributed by atoms with van der Waals surface area (Å²) >= 11 is 0. The van der Waals surface area contributed by atoms with Crippen LogP contribution in [0.4, 0.5) is 0 Å². The van der Waals surface area contributed by atoms with E-state index in [1.165, 1.54) is 5.56 Å². The second-order valence-electron chi connectivity index (χ2n) is 7.42. The van der Waals surface area contributed by atoms with Crippen LogP contribution in [0.2, 0.25) is 18.1 Å². The maximum absolute atomic E-state index is 11.6. The molecule has 2 aromatic carbocycles. The Morgan fingerprint density at radius 3 is 1.91 bits per heavy atom. The standard InChI is InChI=1S/C20H26O2Si/c1-20(2,3)23(4,5)22-19(15-21)18-13-11-17(12-14-18)16-9-7-6-8-10-16/h6-15,19H,1-5H3/t19-/m0/s1. The summed E-state index contributed by atoms with van der Waals surface area (Å²) in [6.45, 7) is 10.9. The van der Waals surface area contributed by atoms with E-state index in [1.807, 2.05) is 30.3 Å². The van der Waals surface area contributed by atoms with E-state index in [0.717, 1.165) is 17.4 Å². The van der Waals surface area contributed by atoms with Crippen molar-refractivity contribution in [2.24, 2.45) is 0 Å². The molecule has 0 spiro atoms. The number of benzene rings is 2. The molecule has 0 aromatic heterocycles. The average Bonchev–Trinajstić information content (AvgIpc) is 2.52. The van der Waals surface area contributed by atoms with E-state index in [1.54, 1.807) is 0 Å². The number of carbonyl (C=O) groups is 1. The zero-order valence-corrected chi connectivity index (χ0v) is 15.7. The lowest BCUT2D eigenvalue weighted by Gasteiger charge is -2.38. The number of hydrogen-bond donors (Lipinski definition) is 0. The number of carbonyl (C=O) groups excluding carboxylic acids is 1. The van der Waals surface area contributed by atoms with E-state index in [-0.39, 0.29) is 5.04 Å². The van der Waals surface area contributed by atoms with Gasteiger partial charge in [0.1, 0.15) is 6.10 Å². The van der Waals surface area contributed by atoms with Gasteiger partial charge in [-0.3, -0.25) is 0 Å². The lowest BCUT2D eigenvalue weighted by atomic mass is 10.0. The van der Waals surface area contributed by atoms with Gasteiger partial charge in [-0.2, -0.15) is 0 Å². The van der Waals surface area contributed by atoms with E-state index in [4.69, 9.17) is 4.43 Å². The van der Waals surface area contributed by atoms with E-state index in [9.17, 15) is 4.79 Å². The first-order chi connectivity index (χ1) is 10.7. The van der Waals surface area contributed by atoms with Gasteiger partial charge in [0.2, 0.25) is 0 Å². The minimum absolute atomic E-state index is 0.0816. The molecule has 2 rings (SSSR count). The second kappa shape index (κ2) is 6.81. The molecule has 0 saturated carbocycles. The summed E-state index contributed by atoms with van der Waals surface area (Å²) in [6.07, 6.45) is 0.429. The SMILES string of the molecule is CC(C)(C)[Si](C)(C)O[C@@H](C=O)c1ccc(-c2ccccc2)cc1. The van der Waals surface area contributed by atoms with Crippen molar-refractivity contribution in [1.82, 2.24) is 0 Å². The number of hydrogen-bond acceptors (Lipinski definition) is 2. The van der Waals surface area contributed by atoms with Gasteiger partial charge in [0.05, 0.1) is 0 Å². The van der Waals surface area contributed by atoms with Gasteiger partial charge in [0, 0.05) is 0 Å². The van der Waals surface area contributed by atoms with E-state index in [0.29, 0.717) is 0 Å². The van der Waals surface area contributed by atoms with Crippen molar-refractivity contribution < 1.29 is 9.22 Å². The normalized spacial score (nSPS) is 13.6. The highest BCUT2D eigenvalue weighted by molar-refractivity contribution is 6.74. The molecular formula is C20H26O2Si. The predicted molar refractivity (Wildman–Crippen MR) is 99.0 cm³/mol. The first-order valence-corrected chi connectivity index (χ1v) is 10.9. The Hall–Kier alpha value is -1.71. The van der Waals surface area contributed by atoms with Crippen molar-refractivity contribution in [2.75, 3.05) is 0 Å². The summed E-state index contributed by atoms with van der Waals surface area (Å²) in [7, 11) is -1.98. The lowest BCUT2D eigenvalue weighted by molar-refractivity contribution is -0.114. The van der Waals surface area contributed by atoms with Crippen LogP contribution in [-0.2, 0) is 9.22 Å². The summed E-state index contributed by atoms with van der Waals surface area (Å²) in [5, 5.41) is 0.0816. The molecule has 1 atom stereocenters. The van der Waals surface area contributed by atoms with Crippen molar-refractivity contribution in [3.05, 3.63) is 60.2 Å². The molecule has 0 aliphatic heterocycles. The fraction of sp³-hybridized carbons (Fsp3) is 0.350. The van der Waals surface area contributed by atoms with Gasteiger partial charge in [-0.15, -0.1) is 0 Å². The summed E-state index contributed by atoms with van der Waals surface area (Å²) in [5.41, 5.74) is 3.24. The zero-order valence-electron chi connectivity index (χ0n) is 14.7. The van der Waals surface area contributed by atoms with Crippen LogP contribution in [0.25, 0.3) is 11.1 Å². The molecule has 0 aliphatic rings. The van der Waals surface area contributed by atoms with E-state index < -0.39 is 14.4 Å². The number of aldehydes is 1. The first-order valence-electron chi connectivity index (χ1n) is 8.03. The predicted octanol–water partition coefficient (Wildman–Crippen LogP) is 5.62. The van der Waals surface area contributed by atoms with Gasteiger partial charge < -0.3 is 9.22 Å². The summed E-state index contributed by atoms with van der Waals surface area (Å²) in [6, 6.07) is 18.3.